The first-order chi connectivity index (χ1) is 10.8. The Labute approximate surface area is 133 Å². The maximum absolute atomic E-state index is 12.8. The highest BCUT2D eigenvalue weighted by molar-refractivity contribution is 5.98. The van der Waals surface area contributed by atoms with Crippen LogP contribution in [0.2, 0.25) is 0 Å². The van der Waals surface area contributed by atoms with E-state index < -0.39 is 0 Å². The van der Waals surface area contributed by atoms with Crippen molar-refractivity contribution in [2.24, 2.45) is 0 Å². The maximum atomic E-state index is 12.8. The van der Waals surface area contributed by atoms with Gasteiger partial charge in [0, 0.05) is 12.1 Å². The Hall–Kier alpha value is -2.44. The number of hydrogen-bond donors (Lipinski definition) is 0. The second kappa shape index (κ2) is 5.33. The summed E-state index contributed by atoms with van der Waals surface area (Å²) in [6.07, 6.45) is 0.802. The number of Topliss-reactive ketones (excluding diaryl/α,β-unsaturated/α-hetero) is 1. The van der Waals surface area contributed by atoms with Crippen LogP contribution in [0.4, 0.5) is 0 Å². The molecule has 0 N–H and O–H groups in total. The van der Waals surface area contributed by atoms with Crippen molar-refractivity contribution in [2.75, 3.05) is 0 Å². The van der Waals surface area contributed by atoms with E-state index in [2.05, 4.69) is 5.10 Å². The molecule has 3 heterocycles. The summed E-state index contributed by atoms with van der Waals surface area (Å²) in [7, 11) is 0. The molecule has 1 aliphatic heterocycles. The first-order valence-corrected chi connectivity index (χ1v) is 7.77. The number of aromatic nitrogens is 3. The molecule has 0 aromatic carbocycles. The van der Waals surface area contributed by atoms with Gasteiger partial charge in [-0.05, 0) is 27.2 Å². The molecule has 0 unspecified atom stereocenters. The van der Waals surface area contributed by atoms with Gasteiger partial charge in [0.15, 0.2) is 0 Å². The summed E-state index contributed by atoms with van der Waals surface area (Å²) in [5.74, 6) is -0.263. The molecule has 0 aliphatic carbocycles. The molecule has 2 aromatic heterocycles. The van der Waals surface area contributed by atoms with Crippen LogP contribution in [0.1, 0.15) is 48.9 Å². The minimum Gasteiger partial charge on any atom is -0.330 e. The molecule has 7 heteroatoms. The van der Waals surface area contributed by atoms with Gasteiger partial charge in [0.2, 0.25) is 0 Å². The molecule has 7 nitrogen and oxygen atoms in total. The van der Waals surface area contributed by atoms with Gasteiger partial charge in [-0.1, -0.05) is 6.92 Å². The first-order valence-electron chi connectivity index (χ1n) is 7.77. The fourth-order valence-electron chi connectivity index (χ4n) is 3.06. The van der Waals surface area contributed by atoms with Crippen LogP contribution in [0.15, 0.2) is 10.9 Å². The van der Waals surface area contributed by atoms with E-state index in [1.54, 1.807) is 22.5 Å². The number of hydrogen-bond acceptors (Lipinski definition) is 4. The van der Waals surface area contributed by atoms with E-state index in [0.29, 0.717) is 22.6 Å². The molecular weight excluding hydrogens is 296 g/mol. The van der Waals surface area contributed by atoms with E-state index in [-0.39, 0.29) is 36.4 Å². The van der Waals surface area contributed by atoms with E-state index in [0.717, 1.165) is 6.42 Å². The summed E-state index contributed by atoms with van der Waals surface area (Å²) >= 11 is 0. The Morgan fingerprint density at radius 2 is 2.09 bits per heavy atom. The van der Waals surface area contributed by atoms with E-state index in [9.17, 15) is 14.4 Å². The average Bonchev–Trinajstić information content (AvgIpc) is 3.04. The van der Waals surface area contributed by atoms with Crippen LogP contribution in [-0.4, -0.2) is 36.8 Å². The predicted molar refractivity (Wildman–Crippen MR) is 84.5 cm³/mol. The van der Waals surface area contributed by atoms with Crippen LogP contribution < -0.4 is 5.56 Å². The molecule has 122 valence electrons. The summed E-state index contributed by atoms with van der Waals surface area (Å²) in [4.78, 5) is 38.9. The summed E-state index contributed by atoms with van der Waals surface area (Å²) in [5.41, 5.74) is 1.64. The molecule has 23 heavy (non-hydrogen) atoms. The fourth-order valence-corrected chi connectivity index (χ4v) is 3.06. The number of ketones is 1. The topological polar surface area (TPSA) is 76.7 Å². The van der Waals surface area contributed by atoms with Crippen LogP contribution >= 0.6 is 0 Å². The van der Waals surface area contributed by atoms with Crippen molar-refractivity contribution in [3.63, 3.8) is 0 Å². The zero-order valence-corrected chi connectivity index (χ0v) is 13.8. The van der Waals surface area contributed by atoms with Crippen LogP contribution in [0.3, 0.4) is 0 Å². The Kier molecular flexibility index (Phi) is 3.58. The number of nitrogens with zero attached hydrogens (tertiary/aromatic N) is 4. The van der Waals surface area contributed by atoms with Gasteiger partial charge >= 0.3 is 0 Å². The lowest BCUT2D eigenvalue weighted by Crippen LogP contribution is -2.33. The number of rotatable bonds is 4. The van der Waals surface area contributed by atoms with Gasteiger partial charge in [-0.15, -0.1) is 0 Å². The zero-order valence-electron chi connectivity index (χ0n) is 13.8. The Bertz CT molecular complexity index is 878. The number of carbonyl (C=O) groups excluding carboxylic acids is 2. The highest BCUT2D eigenvalue weighted by Gasteiger charge is 2.36. The molecule has 0 fully saturated rings. The minimum atomic E-state index is -0.276. The van der Waals surface area contributed by atoms with Crippen molar-refractivity contribution in [3.05, 3.63) is 33.4 Å². The molecule has 1 amide bonds. The van der Waals surface area contributed by atoms with Gasteiger partial charge in [0.05, 0.1) is 24.3 Å². The second-order valence-electron chi connectivity index (χ2n) is 6.17. The van der Waals surface area contributed by atoms with Gasteiger partial charge in [-0.2, -0.15) is 9.61 Å². The van der Waals surface area contributed by atoms with Crippen molar-refractivity contribution in [3.8, 4) is 0 Å². The Balaban J connectivity index is 2.31. The van der Waals surface area contributed by atoms with Gasteiger partial charge in [-0.25, -0.2) is 0 Å². The molecule has 2 aromatic rings. The average molecular weight is 316 g/mol. The van der Waals surface area contributed by atoms with Gasteiger partial charge in [0.25, 0.3) is 11.5 Å². The fraction of sp³-hybridized carbons (Fsp3) is 0.500. The first kappa shape index (κ1) is 15.5. The lowest BCUT2D eigenvalue weighted by molar-refractivity contribution is -0.117. The number of aryl methyl sites for hydroxylation is 1. The van der Waals surface area contributed by atoms with Crippen LogP contribution in [-0.2, 0) is 17.9 Å². The lowest BCUT2D eigenvalue weighted by Gasteiger charge is -2.22. The third-order valence-electron chi connectivity index (χ3n) is 4.39. The number of carbonyl (C=O) groups is 2. The maximum Gasteiger partial charge on any atom is 0.280 e. The van der Waals surface area contributed by atoms with Crippen molar-refractivity contribution in [1.29, 1.82) is 0 Å². The molecule has 0 radical (unpaired) electrons. The standard InChI is InChI=1S/C16H20N4O3/c1-5-10(3)18-8-12-14(16(18)23)19(7-11(4)21)13-6-9(2)17-20(13)15(12)22/h6,10H,5,7-8H2,1-4H3/t10-/m0/s1. The van der Waals surface area contributed by atoms with Crippen molar-refractivity contribution >= 4 is 17.3 Å². The summed E-state index contributed by atoms with van der Waals surface area (Å²) < 4.78 is 2.92. The third kappa shape index (κ3) is 2.27. The summed E-state index contributed by atoms with van der Waals surface area (Å²) in [6.45, 7) is 7.53. The monoisotopic (exact) mass is 316 g/mol. The summed E-state index contributed by atoms with van der Waals surface area (Å²) in [5, 5.41) is 4.22. The quantitative estimate of drug-likeness (QED) is 0.848. The van der Waals surface area contributed by atoms with Crippen molar-refractivity contribution in [2.45, 2.75) is 53.2 Å². The number of fused-ring (bicyclic) bond motifs is 2. The molecular formula is C16H20N4O3. The number of amides is 1. The predicted octanol–water partition coefficient (Wildman–Crippen LogP) is 1.15. The van der Waals surface area contributed by atoms with E-state index in [4.69, 9.17) is 0 Å². The molecule has 0 saturated heterocycles. The van der Waals surface area contributed by atoms with Gasteiger partial charge in [-0.3, -0.25) is 14.4 Å². The molecule has 3 rings (SSSR count). The smallest absolute Gasteiger partial charge is 0.280 e. The molecule has 1 aliphatic rings. The second-order valence-corrected chi connectivity index (χ2v) is 6.17. The van der Waals surface area contributed by atoms with Gasteiger partial charge < -0.3 is 9.47 Å². The van der Waals surface area contributed by atoms with Crippen molar-refractivity contribution in [1.82, 2.24) is 19.1 Å². The van der Waals surface area contributed by atoms with Crippen LogP contribution in [0.25, 0.3) is 5.65 Å². The largest absolute Gasteiger partial charge is 0.330 e. The zero-order chi connectivity index (χ0) is 16.9. The van der Waals surface area contributed by atoms with E-state index >= 15 is 0 Å². The molecule has 0 saturated carbocycles. The molecule has 0 bridgehead atoms. The SMILES string of the molecule is CC[C@H](C)N1Cc2c(n(CC(C)=O)c3cc(C)nn3c2=O)C1=O. The highest BCUT2D eigenvalue weighted by Crippen LogP contribution is 2.25. The van der Waals surface area contributed by atoms with Crippen molar-refractivity contribution < 1.29 is 9.59 Å². The normalized spacial score (nSPS) is 15.3. The van der Waals surface area contributed by atoms with E-state index in [1.807, 2.05) is 13.8 Å². The lowest BCUT2D eigenvalue weighted by atomic mass is 10.2. The van der Waals surface area contributed by atoms with Crippen LogP contribution in [0.5, 0.6) is 0 Å². The molecule has 0 spiro atoms. The molecule has 1 atom stereocenters. The minimum absolute atomic E-state index is 0.0362. The highest BCUT2D eigenvalue weighted by atomic mass is 16.2. The van der Waals surface area contributed by atoms with Crippen LogP contribution in [0, 0.1) is 6.92 Å². The Morgan fingerprint density at radius 1 is 1.39 bits per heavy atom. The summed E-state index contributed by atoms with van der Waals surface area (Å²) in [6, 6.07) is 1.76. The van der Waals surface area contributed by atoms with Gasteiger partial charge in [0.1, 0.15) is 17.1 Å². The third-order valence-corrected chi connectivity index (χ3v) is 4.39. The van der Waals surface area contributed by atoms with E-state index in [1.165, 1.54) is 11.4 Å². The Morgan fingerprint density at radius 3 is 2.70 bits per heavy atom.